The van der Waals surface area contributed by atoms with Crippen molar-refractivity contribution in [2.24, 2.45) is 0 Å². The first-order chi connectivity index (χ1) is 14.1. The van der Waals surface area contributed by atoms with Crippen molar-refractivity contribution < 1.29 is 18.6 Å². The molecule has 2 unspecified atom stereocenters. The first-order valence-corrected chi connectivity index (χ1v) is 9.43. The predicted octanol–water partition coefficient (Wildman–Crippen LogP) is 2.59. The van der Waals surface area contributed by atoms with E-state index in [1.807, 2.05) is 6.07 Å². The lowest BCUT2D eigenvalue weighted by molar-refractivity contribution is 0.0404. The molecule has 5 atom stereocenters. The highest BCUT2D eigenvalue weighted by atomic mass is 19.1. The van der Waals surface area contributed by atoms with Crippen LogP contribution in [0.25, 0.3) is 16.9 Å². The van der Waals surface area contributed by atoms with E-state index in [0.717, 1.165) is 5.69 Å². The first-order valence-electron chi connectivity index (χ1n) is 9.43. The number of alkyl halides is 2. The zero-order valence-electron chi connectivity index (χ0n) is 15.3. The molecule has 0 amide bonds. The highest BCUT2D eigenvalue weighted by molar-refractivity contribution is 5.68. The number of halogens is 2. The van der Waals surface area contributed by atoms with Gasteiger partial charge in [0.1, 0.15) is 18.0 Å². The second-order valence-electron chi connectivity index (χ2n) is 7.38. The molecule has 0 aliphatic carbocycles. The average Bonchev–Trinajstić information content (AvgIpc) is 3.36. The van der Waals surface area contributed by atoms with Crippen molar-refractivity contribution in [2.75, 3.05) is 0 Å². The maximum absolute atomic E-state index is 14.5. The summed E-state index contributed by atoms with van der Waals surface area (Å²) in [7, 11) is 0. The molecule has 2 aromatic heterocycles. The van der Waals surface area contributed by atoms with Gasteiger partial charge >= 0.3 is 0 Å². The second-order valence-corrected chi connectivity index (χ2v) is 7.38. The zero-order valence-corrected chi connectivity index (χ0v) is 15.3. The average molecular weight is 399 g/mol. The van der Waals surface area contributed by atoms with E-state index in [-0.39, 0.29) is 30.5 Å². The Hall–Kier alpha value is -3.07. The molecular formula is C20H19F2N5O2. The number of ether oxygens (including phenoxy) is 1. The number of piperidine rings is 1. The number of phenols is 1. The van der Waals surface area contributed by atoms with Gasteiger partial charge in [-0.3, -0.25) is 0 Å². The summed E-state index contributed by atoms with van der Waals surface area (Å²) >= 11 is 0. The monoisotopic (exact) mass is 399 g/mol. The van der Waals surface area contributed by atoms with E-state index in [9.17, 15) is 13.9 Å². The number of hydrogen-bond donors (Lipinski definition) is 2. The van der Waals surface area contributed by atoms with Crippen LogP contribution in [0.2, 0.25) is 0 Å². The van der Waals surface area contributed by atoms with Crippen LogP contribution >= 0.6 is 0 Å². The highest BCUT2D eigenvalue weighted by Gasteiger charge is 2.48. The van der Waals surface area contributed by atoms with Crippen LogP contribution in [0, 0.1) is 0 Å². The van der Waals surface area contributed by atoms with Gasteiger partial charge in [-0.15, -0.1) is 0 Å². The third-order valence-electron chi connectivity index (χ3n) is 5.53. The Morgan fingerprint density at radius 1 is 1.14 bits per heavy atom. The molecule has 29 heavy (non-hydrogen) atoms. The Morgan fingerprint density at radius 3 is 2.76 bits per heavy atom. The molecule has 2 fully saturated rings. The third-order valence-corrected chi connectivity index (χ3v) is 5.53. The maximum atomic E-state index is 14.5. The largest absolute Gasteiger partial charge is 0.507 e. The fraction of sp³-hybridized carbons (Fsp3) is 0.350. The van der Waals surface area contributed by atoms with E-state index in [4.69, 9.17) is 4.74 Å². The van der Waals surface area contributed by atoms with Crippen molar-refractivity contribution >= 4 is 0 Å². The molecule has 2 aliphatic heterocycles. The van der Waals surface area contributed by atoms with Crippen LogP contribution in [0.15, 0.2) is 49.3 Å². The minimum Gasteiger partial charge on any atom is -0.507 e. The van der Waals surface area contributed by atoms with Gasteiger partial charge in [-0.25, -0.2) is 23.7 Å². The van der Waals surface area contributed by atoms with Crippen LogP contribution < -0.4 is 10.1 Å². The molecule has 2 bridgehead atoms. The van der Waals surface area contributed by atoms with Crippen molar-refractivity contribution in [2.45, 2.75) is 43.4 Å². The molecule has 4 heterocycles. The van der Waals surface area contributed by atoms with E-state index >= 15 is 0 Å². The number of aromatic nitrogens is 4. The van der Waals surface area contributed by atoms with Crippen molar-refractivity contribution in [3.05, 3.63) is 49.3 Å². The Bertz CT molecular complexity index is 997. The molecule has 3 aromatic rings. The fourth-order valence-corrected chi connectivity index (χ4v) is 4.02. The minimum atomic E-state index is -1.30. The molecule has 7 nitrogen and oxygen atoms in total. The molecule has 2 N–H and O–H groups in total. The molecule has 9 heteroatoms. The van der Waals surface area contributed by atoms with Gasteiger partial charge < -0.3 is 19.7 Å². The van der Waals surface area contributed by atoms with Crippen LogP contribution in [0.1, 0.15) is 12.8 Å². The number of aromatic hydroxyl groups is 1. The van der Waals surface area contributed by atoms with Gasteiger partial charge in [0, 0.05) is 42.5 Å². The number of phenolic OH excluding ortho intramolecular Hbond substituents is 1. The van der Waals surface area contributed by atoms with Crippen molar-refractivity contribution in [1.29, 1.82) is 0 Å². The standard InChI is InChI=1S/C20H19F2N5O2/c21-13-6-15-20(22)18(7-14(13)26-15)29-19-9-24-16(8-25-19)12-2-1-11(5-17(12)28)27-4-3-23-10-27/h1-5,8-10,13-15,18,20,26,28H,6-7H2/t13-,14?,15?,18+,20+/m0/s1. The molecule has 5 rings (SSSR count). The molecule has 0 saturated carbocycles. The van der Waals surface area contributed by atoms with Gasteiger partial charge in [-0.2, -0.15) is 0 Å². The molecule has 150 valence electrons. The van der Waals surface area contributed by atoms with Gasteiger partial charge in [0.15, 0.2) is 6.17 Å². The maximum Gasteiger partial charge on any atom is 0.232 e. The van der Waals surface area contributed by atoms with Gasteiger partial charge in [0.2, 0.25) is 5.88 Å². The molecule has 0 radical (unpaired) electrons. The lowest BCUT2D eigenvalue weighted by Gasteiger charge is -2.32. The Morgan fingerprint density at radius 2 is 2.03 bits per heavy atom. The SMILES string of the molecule is Oc1cc(-n2ccnc2)ccc1-c1cnc(O[C@@H]2CC3NC(C[C@@H]3F)[C@H]2F)cn1. The lowest BCUT2D eigenvalue weighted by Crippen LogP contribution is -2.52. The number of nitrogens with one attached hydrogen (secondary N) is 1. The topological polar surface area (TPSA) is 85.1 Å². The molecule has 0 spiro atoms. The van der Waals surface area contributed by atoms with E-state index in [0.29, 0.717) is 11.3 Å². The van der Waals surface area contributed by atoms with Gasteiger partial charge in [0.05, 0.1) is 30.1 Å². The summed E-state index contributed by atoms with van der Waals surface area (Å²) in [5.74, 6) is 0.222. The summed E-state index contributed by atoms with van der Waals surface area (Å²) in [6.07, 6.45) is 5.23. The zero-order chi connectivity index (χ0) is 20.0. The first kappa shape index (κ1) is 18.0. The van der Waals surface area contributed by atoms with Crippen molar-refractivity contribution in [3.8, 4) is 28.6 Å². The van der Waals surface area contributed by atoms with Crippen LogP contribution in [0.3, 0.4) is 0 Å². The van der Waals surface area contributed by atoms with Crippen LogP contribution in [-0.4, -0.2) is 55.2 Å². The lowest BCUT2D eigenvalue weighted by atomic mass is 10.0. The van der Waals surface area contributed by atoms with Crippen molar-refractivity contribution in [1.82, 2.24) is 24.8 Å². The normalized spacial score (nSPS) is 28.4. The third kappa shape index (κ3) is 3.31. The van der Waals surface area contributed by atoms with Crippen LogP contribution in [-0.2, 0) is 0 Å². The Labute approximate surface area is 165 Å². The number of rotatable bonds is 4. The molecule has 2 aliphatic rings. The smallest absolute Gasteiger partial charge is 0.232 e. The highest BCUT2D eigenvalue weighted by Crippen LogP contribution is 2.34. The van der Waals surface area contributed by atoms with E-state index < -0.39 is 24.5 Å². The Kier molecular flexibility index (Phi) is 4.39. The summed E-state index contributed by atoms with van der Waals surface area (Å²) in [5, 5.41) is 13.3. The second kappa shape index (κ2) is 7.07. The van der Waals surface area contributed by atoms with E-state index in [2.05, 4.69) is 20.3 Å². The van der Waals surface area contributed by atoms with Gasteiger partial charge in [-0.1, -0.05) is 0 Å². The summed E-state index contributed by atoms with van der Waals surface area (Å²) in [6.45, 7) is 0. The van der Waals surface area contributed by atoms with Crippen molar-refractivity contribution in [3.63, 3.8) is 0 Å². The fourth-order valence-electron chi connectivity index (χ4n) is 4.02. The molecule has 1 aromatic carbocycles. The number of imidazole rings is 1. The molecule has 2 saturated heterocycles. The summed E-state index contributed by atoms with van der Waals surface area (Å²) in [6, 6.07) is 4.27. The molecular weight excluding hydrogens is 380 g/mol. The summed E-state index contributed by atoms with van der Waals surface area (Å²) < 4.78 is 35.8. The summed E-state index contributed by atoms with van der Waals surface area (Å²) in [5.41, 5.74) is 1.73. The number of nitrogens with zero attached hydrogens (tertiary/aromatic N) is 4. The van der Waals surface area contributed by atoms with Crippen LogP contribution in [0.4, 0.5) is 8.78 Å². The van der Waals surface area contributed by atoms with E-state index in [1.165, 1.54) is 12.4 Å². The number of hydrogen-bond acceptors (Lipinski definition) is 6. The van der Waals surface area contributed by atoms with Gasteiger partial charge in [-0.05, 0) is 18.6 Å². The number of benzene rings is 1. The summed E-state index contributed by atoms with van der Waals surface area (Å²) in [4.78, 5) is 12.5. The quantitative estimate of drug-likeness (QED) is 0.702. The van der Waals surface area contributed by atoms with E-state index in [1.54, 1.807) is 35.4 Å². The minimum absolute atomic E-state index is 0.0481. The van der Waals surface area contributed by atoms with Crippen LogP contribution in [0.5, 0.6) is 11.6 Å². The Balaban J connectivity index is 1.32. The number of fused-ring (bicyclic) bond motifs is 2. The van der Waals surface area contributed by atoms with Gasteiger partial charge in [0.25, 0.3) is 0 Å². The predicted molar refractivity (Wildman–Crippen MR) is 100 cm³/mol.